The number of phenols is 1. The molecule has 0 bridgehead atoms. The number of carbonyl (C=O) groups excluding carboxylic acids is 1. The summed E-state index contributed by atoms with van der Waals surface area (Å²) in [5.74, 6) is -0.440. The fourth-order valence-electron chi connectivity index (χ4n) is 1.90. The third kappa shape index (κ3) is 2.79. The third-order valence-corrected chi connectivity index (χ3v) is 3.25. The van der Waals surface area contributed by atoms with E-state index in [9.17, 15) is 9.90 Å². The highest BCUT2D eigenvalue weighted by atomic mass is 35.5. The van der Waals surface area contributed by atoms with E-state index in [1.807, 2.05) is 30.3 Å². The maximum absolute atomic E-state index is 12.1. The van der Waals surface area contributed by atoms with E-state index < -0.39 is 0 Å². The van der Waals surface area contributed by atoms with Gasteiger partial charge in [-0.05, 0) is 23.3 Å². The quantitative estimate of drug-likeness (QED) is 0.834. The van der Waals surface area contributed by atoms with Crippen molar-refractivity contribution in [2.24, 2.45) is 5.92 Å². The molecule has 1 N–H and O–H groups in total. The zero-order valence-electron chi connectivity index (χ0n) is 10.9. The Labute approximate surface area is 117 Å². The van der Waals surface area contributed by atoms with Crippen molar-refractivity contribution < 1.29 is 9.90 Å². The molecule has 0 aromatic heterocycles. The molecule has 0 fully saturated rings. The summed E-state index contributed by atoms with van der Waals surface area (Å²) in [6, 6.07) is 13.0. The van der Waals surface area contributed by atoms with E-state index in [2.05, 4.69) is 0 Å². The van der Waals surface area contributed by atoms with Gasteiger partial charge in [0.1, 0.15) is 5.75 Å². The van der Waals surface area contributed by atoms with E-state index in [1.54, 1.807) is 26.0 Å². The van der Waals surface area contributed by atoms with Gasteiger partial charge in [-0.25, -0.2) is 0 Å². The molecule has 98 valence electrons. The number of benzene rings is 2. The van der Waals surface area contributed by atoms with Crippen LogP contribution in [0.3, 0.4) is 0 Å². The molecule has 0 aliphatic carbocycles. The molecule has 0 saturated carbocycles. The van der Waals surface area contributed by atoms with E-state index in [0.717, 1.165) is 11.1 Å². The van der Waals surface area contributed by atoms with Gasteiger partial charge < -0.3 is 5.11 Å². The van der Waals surface area contributed by atoms with Crippen LogP contribution < -0.4 is 0 Å². The summed E-state index contributed by atoms with van der Waals surface area (Å²) < 4.78 is 0. The van der Waals surface area contributed by atoms with E-state index in [4.69, 9.17) is 11.6 Å². The van der Waals surface area contributed by atoms with Crippen LogP contribution in [0, 0.1) is 5.92 Å². The van der Waals surface area contributed by atoms with Crippen molar-refractivity contribution in [1.29, 1.82) is 0 Å². The van der Waals surface area contributed by atoms with Gasteiger partial charge in [0.2, 0.25) is 0 Å². The minimum atomic E-state index is -0.187. The van der Waals surface area contributed by atoms with Crippen LogP contribution >= 0.6 is 11.6 Å². The van der Waals surface area contributed by atoms with E-state index >= 15 is 0 Å². The van der Waals surface area contributed by atoms with Crippen molar-refractivity contribution in [2.45, 2.75) is 13.8 Å². The van der Waals surface area contributed by atoms with Crippen molar-refractivity contribution in [3.05, 3.63) is 53.1 Å². The van der Waals surface area contributed by atoms with Gasteiger partial charge in [0.15, 0.2) is 5.78 Å². The summed E-state index contributed by atoms with van der Waals surface area (Å²) in [4.78, 5) is 12.1. The summed E-state index contributed by atoms with van der Waals surface area (Å²) >= 11 is 6.02. The molecule has 0 saturated heterocycles. The van der Waals surface area contributed by atoms with Crippen LogP contribution in [0.25, 0.3) is 11.1 Å². The van der Waals surface area contributed by atoms with Gasteiger partial charge in [-0.15, -0.1) is 0 Å². The number of hydrogen-bond acceptors (Lipinski definition) is 2. The maximum atomic E-state index is 12.1. The first-order chi connectivity index (χ1) is 9.00. The molecule has 19 heavy (non-hydrogen) atoms. The highest BCUT2D eigenvalue weighted by Gasteiger charge is 2.18. The average molecular weight is 275 g/mol. The van der Waals surface area contributed by atoms with Gasteiger partial charge in [-0.2, -0.15) is 0 Å². The summed E-state index contributed by atoms with van der Waals surface area (Å²) in [7, 11) is 0. The Kier molecular flexibility index (Phi) is 3.91. The lowest BCUT2D eigenvalue weighted by Gasteiger charge is -2.11. The first kappa shape index (κ1) is 13.6. The molecule has 0 heterocycles. The van der Waals surface area contributed by atoms with Crippen molar-refractivity contribution in [2.75, 3.05) is 0 Å². The van der Waals surface area contributed by atoms with Gasteiger partial charge in [0, 0.05) is 5.92 Å². The number of hydrogen-bond donors (Lipinski definition) is 1. The Hall–Kier alpha value is -1.80. The molecule has 3 heteroatoms. The zero-order valence-corrected chi connectivity index (χ0v) is 11.6. The molecule has 0 atom stereocenters. The fraction of sp³-hybridized carbons (Fsp3) is 0.188. The Morgan fingerprint density at radius 1 is 1.11 bits per heavy atom. The maximum Gasteiger partial charge on any atom is 0.169 e. The van der Waals surface area contributed by atoms with E-state index in [1.165, 1.54) is 0 Å². The molecule has 2 aromatic rings. The number of Topliss-reactive ketones (excluding diaryl/α,β-unsaturated/α-hetero) is 1. The molecule has 2 aromatic carbocycles. The highest BCUT2D eigenvalue weighted by Crippen LogP contribution is 2.34. The van der Waals surface area contributed by atoms with Crippen LogP contribution in [0.15, 0.2) is 42.5 Å². The molecule has 0 aliphatic rings. The minimum Gasteiger partial charge on any atom is -0.506 e. The van der Waals surface area contributed by atoms with Crippen LogP contribution in [-0.2, 0) is 0 Å². The molecule has 2 rings (SSSR count). The summed E-state index contributed by atoms with van der Waals surface area (Å²) in [6.45, 7) is 3.59. The number of carbonyl (C=O) groups is 1. The third-order valence-electron chi connectivity index (χ3n) is 2.96. The van der Waals surface area contributed by atoms with E-state index in [0.29, 0.717) is 0 Å². The second-order valence-electron chi connectivity index (χ2n) is 4.74. The molecule has 0 radical (unpaired) electrons. The first-order valence-electron chi connectivity index (χ1n) is 6.13. The van der Waals surface area contributed by atoms with E-state index in [-0.39, 0.29) is 28.0 Å². The molecule has 2 nitrogen and oxygen atoms in total. The van der Waals surface area contributed by atoms with Crippen LogP contribution in [0.2, 0.25) is 5.02 Å². The minimum absolute atomic E-state index is 0.114. The fourth-order valence-corrected chi connectivity index (χ4v) is 2.11. The molecular weight excluding hydrogens is 260 g/mol. The lowest BCUT2D eigenvalue weighted by atomic mass is 9.96. The lowest BCUT2D eigenvalue weighted by molar-refractivity contribution is 0.0936. The smallest absolute Gasteiger partial charge is 0.169 e. The van der Waals surface area contributed by atoms with Crippen molar-refractivity contribution in [3.8, 4) is 16.9 Å². The van der Waals surface area contributed by atoms with Crippen molar-refractivity contribution in [3.63, 3.8) is 0 Å². The molecule has 0 amide bonds. The predicted molar refractivity (Wildman–Crippen MR) is 77.7 cm³/mol. The Bertz CT molecular complexity index is 604. The summed E-state index contributed by atoms with van der Waals surface area (Å²) in [6.07, 6.45) is 0. The topological polar surface area (TPSA) is 37.3 Å². The predicted octanol–water partition coefficient (Wildman–Crippen LogP) is 4.55. The summed E-state index contributed by atoms with van der Waals surface area (Å²) in [5.41, 5.74) is 2.07. The van der Waals surface area contributed by atoms with Crippen LogP contribution in [0.5, 0.6) is 5.75 Å². The molecule has 0 spiro atoms. The molecule has 0 unspecified atom stereocenters. The molecular formula is C16H15ClO2. The lowest BCUT2D eigenvalue weighted by Crippen LogP contribution is -2.08. The van der Waals surface area contributed by atoms with Crippen LogP contribution in [0.1, 0.15) is 24.2 Å². The second-order valence-corrected chi connectivity index (χ2v) is 5.15. The SMILES string of the molecule is CC(C)C(=O)c1cc(-c2ccccc2)cc(Cl)c1O. The van der Waals surface area contributed by atoms with Gasteiger partial charge >= 0.3 is 0 Å². The van der Waals surface area contributed by atoms with Crippen LogP contribution in [0.4, 0.5) is 0 Å². The van der Waals surface area contributed by atoms with Gasteiger partial charge in [-0.1, -0.05) is 55.8 Å². The number of ketones is 1. The normalized spacial score (nSPS) is 10.7. The first-order valence-corrected chi connectivity index (χ1v) is 6.50. The number of rotatable bonds is 3. The van der Waals surface area contributed by atoms with Crippen LogP contribution in [-0.4, -0.2) is 10.9 Å². The Morgan fingerprint density at radius 2 is 1.74 bits per heavy atom. The zero-order chi connectivity index (χ0) is 14.0. The van der Waals surface area contributed by atoms with Gasteiger partial charge in [0.25, 0.3) is 0 Å². The van der Waals surface area contributed by atoms with Crippen molar-refractivity contribution in [1.82, 2.24) is 0 Å². The van der Waals surface area contributed by atoms with Crippen molar-refractivity contribution >= 4 is 17.4 Å². The Morgan fingerprint density at radius 3 is 2.32 bits per heavy atom. The number of phenolic OH excluding ortho intramolecular Hbond substituents is 1. The number of aromatic hydroxyl groups is 1. The number of halogens is 1. The van der Waals surface area contributed by atoms with Gasteiger partial charge in [0.05, 0.1) is 10.6 Å². The largest absolute Gasteiger partial charge is 0.506 e. The summed E-state index contributed by atoms with van der Waals surface area (Å²) in [5, 5.41) is 10.1. The standard InChI is InChI=1S/C16H15ClO2/c1-10(2)15(18)13-8-12(9-14(17)16(13)19)11-6-4-3-5-7-11/h3-10,19H,1-2H3. The highest BCUT2D eigenvalue weighted by molar-refractivity contribution is 6.33. The Balaban J connectivity index is 2.58. The van der Waals surface area contributed by atoms with Gasteiger partial charge in [-0.3, -0.25) is 4.79 Å². The second kappa shape index (κ2) is 5.45. The average Bonchev–Trinajstić information content (AvgIpc) is 2.41. The molecule has 0 aliphatic heterocycles. The monoisotopic (exact) mass is 274 g/mol.